The number of ether oxygens (including phenoxy) is 1. The second kappa shape index (κ2) is 7.43. The van der Waals surface area contributed by atoms with E-state index in [1.165, 1.54) is 12.1 Å². The maximum absolute atomic E-state index is 12.9. The van der Waals surface area contributed by atoms with Gasteiger partial charge in [-0.3, -0.25) is 0 Å². The van der Waals surface area contributed by atoms with Crippen molar-refractivity contribution >= 4 is 11.7 Å². The van der Waals surface area contributed by atoms with Gasteiger partial charge in [0.2, 0.25) is 0 Å². The summed E-state index contributed by atoms with van der Waals surface area (Å²) in [5.74, 6) is -0.623. The van der Waals surface area contributed by atoms with Crippen LogP contribution in [0.5, 0.6) is 0 Å². The Kier molecular flexibility index (Phi) is 5.32. The normalized spacial score (nSPS) is 11.7. The monoisotopic (exact) mass is 287 g/mol. The lowest BCUT2D eigenvalue weighted by molar-refractivity contribution is -0.144. The number of nitrogens with one attached hydrogen (secondary N) is 1. The Labute approximate surface area is 123 Å². The third kappa shape index (κ3) is 4.60. The molecule has 3 nitrogen and oxygen atoms in total. The zero-order chi connectivity index (χ0) is 15.1. The SMILES string of the molecule is CCOC(=O)C(Cc1ccccc1)Nc1ccc(F)cc1. The van der Waals surface area contributed by atoms with Crippen LogP contribution in [0.1, 0.15) is 12.5 Å². The first-order valence-corrected chi connectivity index (χ1v) is 6.91. The van der Waals surface area contributed by atoms with Crippen molar-refractivity contribution in [2.24, 2.45) is 0 Å². The van der Waals surface area contributed by atoms with E-state index in [4.69, 9.17) is 4.74 Å². The van der Waals surface area contributed by atoms with Gasteiger partial charge >= 0.3 is 5.97 Å². The Morgan fingerprint density at radius 2 is 1.81 bits per heavy atom. The molecular formula is C17H18FNO2. The van der Waals surface area contributed by atoms with E-state index < -0.39 is 6.04 Å². The van der Waals surface area contributed by atoms with E-state index in [0.29, 0.717) is 18.7 Å². The highest BCUT2D eigenvalue weighted by atomic mass is 19.1. The van der Waals surface area contributed by atoms with Crippen molar-refractivity contribution in [2.75, 3.05) is 11.9 Å². The van der Waals surface area contributed by atoms with E-state index in [2.05, 4.69) is 5.32 Å². The molecule has 0 radical (unpaired) electrons. The van der Waals surface area contributed by atoms with Gasteiger partial charge in [0, 0.05) is 12.1 Å². The minimum Gasteiger partial charge on any atom is -0.464 e. The van der Waals surface area contributed by atoms with E-state index >= 15 is 0 Å². The highest BCUT2D eigenvalue weighted by molar-refractivity contribution is 5.79. The third-order valence-corrected chi connectivity index (χ3v) is 3.04. The van der Waals surface area contributed by atoms with Gasteiger partial charge in [-0.05, 0) is 36.8 Å². The first kappa shape index (κ1) is 15.0. The predicted octanol–water partition coefficient (Wildman–Crippen LogP) is 3.41. The maximum atomic E-state index is 12.9. The molecule has 0 bridgehead atoms. The van der Waals surface area contributed by atoms with Crippen LogP contribution in [-0.4, -0.2) is 18.6 Å². The molecule has 0 fully saturated rings. The van der Waals surface area contributed by atoms with E-state index in [1.807, 2.05) is 30.3 Å². The number of halogens is 1. The Hall–Kier alpha value is -2.36. The van der Waals surface area contributed by atoms with Crippen LogP contribution in [0.25, 0.3) is 0 Å². The fraction of sp³-hybridized carbons (Fsp3) is 0.235. The lowest BCUT2D eigenvalue weighted by Gasteiger charge is -2.18. The minimum absolute atomic E-state index is 0.309. The Balaban J connectivity index is 2.11. The molecule has 0 amide bonds. The van der Waals surface area contributed by atoms with Gasteiger partial charge in [-0.2, -0.15) is 0 Å². The topological polar surface area (TPSA) is 38.3 Å². The van der Waals surface area contributed by atoms with Gasteiger partial charge in [-0.1, -0.05) is 30.3 Å². The summed E-state index contributed by atoms with van der Waals surface area (Å²) in [6.07, 6.45) is 0.511. The number of rotatable bonds is 6. The predicted molar refractivity (Wildman–Crippen MR) is 80.6 cm³/mol. The number of esters is 1. The Morgan fingerprint density at radius 3 is 2.43 bits per heavy atom. The number of carbonyl (C=O) groups is 1. The van der Waals surface area contributed by atoms with Gasteiger partial charge in [0.25, 0.3) is 0 Å². The molecule has 4 heteroatoms. The molecule has 21 heavy (non-hydrogen) atoms. The second-order valence-corrected chi connectivity index (χ2v) is 4.65. The van der Waals surface area contributed by atoms with Gasteiger partial charge in [-0.15, -0.1) is 0 Å². The summed E-state index contributed by atoms with van der Waals surface area (Å²) in [5, 5.41) is 3.10. The fourth-order valence-corrected chi connectivity index (χ4v) is 2.03. The largest absolute Gasteiger partial charge is 0.464 e. The van der Waals surface area contributed by atoms with Crippen molar-refractivity contribution < 1.29 is 13.9 Å². The molecule has 0 aromatic heterocycles. The van der Waals surface area contributed by atoms with E-state index in [1.54, 1.807) is 19.1 Å². The van der Waals surface area contributed by atoms with Crippen LogP contribution in [0.4, 0.5) is 10.1 Å². The molecule has 0 saturated heterocycles. The van der Waals surface area contributed by atoms with Crippen molar-refractivity contribution in [1.82, 2.24) is 0 Å². The lowest BCUT2D eigenvalue weighted by atomic mass is 10.1. The number of hydrogen-bond donors (Lipinski definition) is 1. The third-order valence-electron chi connectivity index (χ3n) is 3.04. The number of hydrogen-bond acceptors (Lipinski definition) is 3. The minimum atomic E-state index is -0.502. The van der Waals surface area contributed by atoms with Crippen molar-refractivity contribution in [1.29, 1.82) is 0 Å². The van der Waals surface area contributed by atoms with Crippen LogP contribution < -0.4 is 5.32 Å². The summed E-state index contributed by atoms with van der Waals surface area (Å²) in [4.78, 5) is 12.1. The van der Waals surface area contributed by atoms with Crippen molar-refractivity contribution in [3.05, 3.63) is 66.0 Å². The first-order valence-electron chi connectivity index (χ1n) is 6.91. The molecule has 0 heterocycles. The highest BCUT2D eigenvalue weighted by Crippen LogP contribution is 2.13. The summed E-state index contributed by atoms with van der Waals surface area (Å²) < 4.78 is 18.0. The van der Waals surface area contributed by atoms with E-state index in [9.17, 15) is 9.18 Å². The molecule has 1 unspecified atom stereocenters. The van der Waals surface area contributed by atoms with E-state index in [-0.39, 0.29) is 11.8 Å². The zero-order valence-electron chi connectivity index (χ0n) is 11.9. The Bertz CT molecular complexity index is 569. The summed E-state index contributed by atoms with van der Waals surface area (Å²) in [6, 6.07) is 15.1. The highest BCUT2D eigenvalue weighted by Gasteiger charge is 2.20. The van der Waals surface area contributed by atoms with Gasteiger partial charge in [-0.25, -0.2) is 9.18 Å². The van der Waals surface area contributed by atoms with Crippen molar-refractivity contribution in [3.63, 3.8) is 0 Å². The summed E-state index contributed by atoms with van der Waals surface area (Å²) in [6.45, 7) is 2.10. The average Bonchev–Trinajstić information content (AvgIpc) is 2.50. The molecule has 2 rings (SSSR count). The second-order valence-electron chi connectivity index (χ2n) is 4.65. The van der Waals surface area contributed by atoms with Gasteiger partial charge in [0.05, 0.1) is 6.61 Å². The molecule has 0 aliphatic heterocycles. The number of anilines is 1. The molecule has 0 aliphatic carbocycles. The standard InChI is InChI=1S/C17H18FNO2/c1-2-21-17(20)16(12-13-6-4-3-5-7-13)19-15-10-8-14(18)9-11-15/h3-11,16,19H,2,12H2,1H3. The molecule has 2 aromatic carbocycles. The molecule has 0 aliphatic rings. The van der Waals surface area contributed by atoms with E-state index in [0.717, 1.165) is 5.56 Å². The average molecular weight is 287 g/mol. The molecule has 110 valence electrons. The summed E-state index contributed by atoms with van der Waals surface area (Å²) in [5.41, 5.74) is 1.72. The van der Waals surface area contributed by atoms with Crippen LogP contribution in [0, 0.1) is 5.82 Å². The zero-order valence-corrected chi connectivity index (χ0v) is 11.9. The van der Waals surface area contributed by atoms with Crippen LogP contribution in [0.2, 0.25) is 0 Å². The summed E-state index contributed by atoms with van der Waals surface area (Å²) >= 11 is 0. The van der Waals surface area contributed by atoms with Crippen LogP contribution in [0.15, 0.2) is 54.6 Å². The fourth-order valence-electron chi connectivity index (χ4n) is 2.03. The Morgan fingerprint density at radius 1 is 1.14 bits per heavy atom. The smallest absolute Gasteiger partial charge is 0.328 e. The van der Waals surface area contributed by atoms with Crippen LogP contribution >= 0.6 is 0 Å². The van der Waals surface area contributed by atoms with Gasteiger partial charge < -0.3 is 10.1 Å². The van der Waals surface area contributed by atoms with Crippen LogP contribution in [0.3, 0.4) is 0 Å². The molecule has 1 atom stereocenters. The molecule has 2 aromatic rings. The molecule has 0 saturated carbocycles. The molecular weight excluding hydrogens is 269 g/mol. The van der Waals surface area contributed by atoms with Gasteiger partial charge in [0.15, 0.2) is 0 Å². The molecule has 0 spiro atoms. The number of carbonyl (C=O) groups excluding carboxylic acids is 1. The number of benzene rings is 2. The lowest BCUT2D eigenvalue weighted by Crippen LogP contribution is -2.33. The summed E-state index contributed by atoms with van der Waals surface area (Å²) in [7, 11) is 0. The first-order chi connectivity index (χ1) is 10.2. The van der Waals surface area contributed by atoms with Crippen molar-refractivity contribution in [2.45, 2.75) is 19.4 Å². The maximum Gasteiger partial charge on any atom is 0.328 e. The van der Waals surface area contributed by atoms with Crippen LogP contribution in [-0.2, 0) is 16.0 Å². The van der Waals surface area contributed by atoms with Crippen molar-refractivity contribution in [3.8, 4) is 0 Å². The van der Waals surface area contributed by atoms with Gasteiger partial charge in [0.1, 0.15) is 11.9 Å². The quantitative estimate of drug-likeness (QED) is 0.827. The molecule has 1 N–H and O–H groups in total.